The average molecular weight is 319 g/mol. The molecule has 1 atom stereocenters. The minimum Gasteiger partial charge on any atom is -0.324 e. The molecule has 100 valence electrons. The van der Waals surface area contributed by atoms with Crippen LogP contribution in [0.4, 0.5) is 4.39 Å². The summed E-state index contributed by atoms with van der Waals surface area (Å²) < 4.78 is 13.8. The van der Waals surface area contributed by atoms with Gasteiger partial charge in [0, 0.05) is 6.04 Å². The van der Waals surface area contributed by atoms with E-state index in [1.165, 1.54) is 6.07 Å². The third-order valence-corrected chi connectivity index (χ3v) is 3.87. The molecule has 0 saturated heterocycles. The molecule has 0 fully saturated rings. The van der Waals surface area contributed by atoms with Crippen LogP contribution in [-0.2, 0) is 6.42 Å². The van der Waals surface area contributed by atoms with Gasteiger partial charge in [-0.3, -0.25) is 0 Å². The molecule has 2 aromatic carbocycles. The van der Waals surface area contributed by atoms with Crippen molar-refractivity contribution in [2.24, 2.45) is 5.73 Å². The van der Waals surface area contributed by atoms with Gasteiger partial charge < -0.3 is 5.73 Å². The normalized spacial score (nSPS) is 12.5. The molecular formula is C14H11Cl3FN. The van der Waals surface area contributed by atoms with Gasteiger partial charge in [-0.05, 0) is 35.7 Å². The van der Waals surface area contributed by atoms with E-state index in [2.05, 4.69) is 0 Å². The molecule has 0 aliphatic heterocycles. The van der Waals surface area contributed by atoms with E-state index in [1.54, 1.807) is 30.3 Å². The Morgan fingerprint density at radius 3 is 2.42 bits per heavy atom. The molecule has 0 bridgehead atoms. The van der Waals surface area contributed by atoms with E-state index in [0.717, 1.165) is 5.56 Å². The van der Waals surface area contributed by atoms with Crippen molar-refractivity contribution in [2.75, 3.05) is 0 Å². The van der Waals surface area contributed by atoms with Crippen LogP contribution in [0.25, 0.3) is 0 Å². The zero-order chi connectivity index (χ0) is 14.0. The van der Waals surface area contributed by atoms with E-state index in [9.17, 15) is 4.39 Å². The Bertz CT molecular complexity index is 601. The summed E-state index contributed by atoms with van der Waals surface area (Å²) in [6, 6.07) is 9.64. The zero-order valence-corrected chi connectivity index (χ0v) is 12.1. The van der Waals surface area contributed by atoms with Crippen LogP contribution in [0, 0.1) is 5.82 Å². The predicted molar refractivity (Wildman–Crippen MR) is 78.5 cm³/mol. The van der Waals surface area contributed by atoms with Gasteiger partial charge in [-0.25, -0.2) is 4.39 Å². The number of rotatable bonds is 3. The van der Waals surface area contributed by atoms with Crippen molar-refractivity contribution in [1.82, 2.24) is 0 Å². The van der Waals surface area contributed by atoms with Crippen molar-refractivity contribution in [1.29, 1.82) is 0 Å². The Balaban J connectivity index is 2.23. The smallest absolute Gasteiger partial charge is 0.145 e. The van der Waals surface area contributed by atoms with Crippen LogP contribution < -0.4 is 5.73 Å². The number of halogens is 4. The molecule has 0 saturated carbocycles. The van der Waals surface area contributed by atoms with Crippen molar-refractivity contribution < 1.29 is 4.39 Å². The molecule has 0 amide bonds. The van der Waals surface area contributed by atoms with E-state index < -0.39 is 5.82 Å². The highest BCUT2D eigenvalue weighted by atomic mass is 35.5. The first kappa shape index (κ1) is 14.6. The van der Waals surface area contributed by atoms with Crippen LogP contribution in [0.2, 0.25) is 15.1 Å². The summed E-state index contributed by atoms with van der Waals surface area (Å²) in [7, 11) is 0. The Morgan fingerprint density at radius 1 is 1.00 bits per heavy atom. The molecule has 0 aliphatic carbocycles. The molecule has 0 heterocycles. The van der Waals surface area contributed by atoms with E-state index in [0.29, 0.717) is 22.0 Å². The Hall–Kier alpha value is -0.800. The zero-order valence-electron chi connectivity index (χ0n) is 9.84. The third kappa shape index (κ3) is 3.40. The summed E-state index contributed by atoms with van der Waals surface area (Å²) in [4.78, 5) is 0. The summed E-state index contributed by atoms with van der Waals surface area (Å²) in [5.41, 5.74) is 7.33. The van der Waals surface area contributed by atoms with Gasteiger partial charge in [0.05, 0.1) is 15.1 Å². The standard InChI is InChI=1S/C14H11Cl3FN/c15-10-5-4-8(6-12(10)17)13(19)7-9-2-1-3-11(16)14(9)18/h1-6,13H,7,19H2. The number of hydrogen-bond donors (Lipinski definition) is 1. The topological polar surface area (TPSA) is 26.0 Å². The summed E-state index contributed by atoms with van der Waals surface area (Å²) >= 11 is 17.5. The SMILES string of the molecule is NC(Cc1cccc(Cl)c1F)c1ccc(Cl)c(Cl)c1. The first-order valence-electron chi connectivity index (χ1n) is 5.62. The van der Waals surface area contributed by atoms with Crippen LogP contribution >= 0.6 is 34.8 Å². The fraction of sp³-hybridized carbons (Fsp3) is 0.143. The van der Waals surface area contributed by atoms with Crippen molar-refractivity contribution >= 4 is 34.8 Å². The monoisotopic (exact) mass is 317 g/mol. The first-order valence-corrected chi connectivity index (χ1v) is 6.76. The number of nitrogens with two attached hydrogens (primary N) is 1. The molecule has 19 heavy (non-hydrogen) atoms. The van der Waals surface area contributed by atoms with Gasteiger partial charge in [0.2, 0.25) is 0 Å². The molecule has 2 aromatic rings. The maximum atomic E-state index is 13.8. The van der Waals surface area contributed by atoms with Gasteiger partial charge in [-0.15, -0.1) is 0 Å². The molecule has 0 aliphatic rings. The highest BCUT2D eigenvalue weighted by Crippen LogP contribution is 2.27. The predicted octanol–water partition coefficient (Wildman–Crippen LogP) is 5.03. The van der Waals surface area contributed by atoms with Crippen molar-refractivity contribution in [3.8, 4) is 0 Å². The van der Waals surface area contributed by atoms with Crippen molar-refractivity contribution in [2.45, 2.75) is 12.5 Å². The van der Waals surface area contributed by atoms with Crippen LogP contribution in [-0.4, -0.2) is 0 Å². The Labute approximate surface area is 126 Å². The lowest BCUT2D eigenvalue weighted by Crippen LogP contribution is -2.14. The fourth-order valence-electron chi connectivity index (χ4n) is 1.80. The molecule has 5 heteroatoms. The molecule has 2 rings (SSSR count). The first-order chi connectivity index (χ1) is 8.99. The Morgan fingerprint density at radius 2 is 1.74 bits per heavy atom. The summed E-state index contributed by atoms with van der Waals surface area (Å²) in [6.07, 6.45) is 0.338. The van der Waals surface area contributed by atoms with E-state index in [1.807, 2.05) is 0 Å². The van der Waals surface area contributed by atoms with E-state index in [4.69, 9.17) is 40.5 Å². The minimum atomic E-state index is -0.431. The minimum absolute atomic E-state index is 0.0961. The maximum absolute atomic E-state index is 13.8. The second kappa shape index (κ2) is 6.10. The van der Waals surface area contributed by atoms with Gasteiger partial charge >= 0.3 is 0 Å². The molecule has 0 aromatic heterocycles. The van der Waals surface area contributed by atoms with Crippen LogP contribution in [0.15, 0.2) is 36.4 Å². The van der Waals surface area contributed by atoms with Gasteiger partial charge in [0.15, 0.2) is 0 Å². The highest BCUT2D eigenvalue weighted by Gasteiger charge is 2.13. The fourth-order valence-corrected chi connectivity index (χ4v) is 2.30. The summed E-state index contributed by atoms with van der Waals surface area (Å²) in [6.45, 7) is 0. The quantitative estimate of drug-likeness (QED) is 0.844. The molecule has 1 unspecified atom stereocenters. The average Bonchev–Trinajstić information content (AvgIpc) is 2.38. The highest BCUT2D eigenvalue weighted by molar-refractivity contribution is 6.42. The van der Waals surface area contributed by atoms with Gasteiger partial charge in [-0.2, -0.15) is 0 Å². The number of hydrogen-bond acceptors (Lipinski definition) is 1. The summed E-state index contributed by atoms with van der Waals surface area (Å²) in [5, 5.41) is 0.992. The van der Waals surface area contributed by atoms with E-state index in [-0.39, 0.29) is 11.1 Å². The summed E-state index contributed by atoms with van der Waals surface area (Å²) in [5.74, 6) is -0.431. The lowest BCUT2D eigenvalue weighted by atomic mass is 9.99. The van der Waals surface area contributed by atoms with Crippen molar-refractivity contribution in [3.05, 3.63) is 68.4 Å². The van der Waals surface area contributed by atoms with Gasteiger partial charge in [-0.1, -0.05) is 53.0 Å². The molecule has 0 radical (unpaired) electrons. The molecule has 2 N–H and O–H groups in total. The van der Waals surface area contributed by atoms with E-state index >= 15 is 0 Å². The van der Waals surface area contributed by atoms with Gasteiger partial charge in [0.1, 0.15) is 5.82 Å². The molecular weight excluding hydrogens is 308 g/mol. The molecule has 0 spiro atoms. The third-order valence-electron chi connectivity index (χ3n) is 2.84. The van der Waals surface area contributed by atoms with Crippen LogP contribution in [0.5, 0.6) is 0 Å². The second-order valence-corrected chi connectivity index (χ2v) is 5.42. The van der Waals surface area contributed by atoms with Crippen LogP contribution in [0.3, 0.4) is 0 Å². The largest absolute Gasteiger partial charge is 0.324 e. The lowest BCUT2D eigenvalue weighted by molar-refractivity contribution is 0.594. The van der Waals surface area contributed by atoms with Gasteiger partial charge in [0.25, 0.3) is 0 Å². The lowest BCUT2D eigenvalue weighted by Gasteiger charge is -2.14. The number of benzene rings is 2. The second-order valence-electron chi connectivity index (χ2n) is 4.20. The maximum Gasteiger partial charge on any atom is 0.145 e. The van der Waals surface area contributed by atoms with Crippen LogP contribution in [0.1, 0.15) is 17.2 Å². The molecule has 1 nitrogen and oxygen atoms in total. The van der Waals surface area contributed by atoms with Crippen molar-refractivity contribution in [3.63, 3.8) is 0 Å². The Kier molecular flexibility index (Phi) is 4.69.